The molecule has 1 atom stereocenters. The first kappa shape index (κ1) is 20.4. The van der Waals surface area contributed by atoms with Crippen molar-refractivity contribution in [1.82, 2.24) is 15.1 Å². The highest BCUT2D eigenvalue weighted by molar-refractivity contribution is 5.93. The Kier molecular flexibility index (Phi) is 5.74. The zero-order valence-corrected chi connectivity index (χ0v) is 17.6. The lowest BCUT2D eigenvalue weighted by molar-refractivity contribution is 0.0830. The van der Waals surface area contributed by atoms with Crippen molar-refractivity contribution in [3.05, 3.63) is 69.5 Å². The number of nitrogens with zero attached hydrogens (tertiary/aromatic N) is 2. The van der Waals surface area contributed by atoms with Crippen molar-refractivity contribution in [1.29, 1.82) is 0 Å². The van der Waals surface area contributed by atoms with Crippen molar-refractivity contribution in [3.8, 4) is 0 Å². The van der Waals surface area contributed by atoms with Crippen LogP contribution in [0.3, 0.4) is 0 Å². The molecule has 0 radical (unpaired) electrons. The standard InChI is InChI=1S/C23H27N3O4/c1-15-4-6-20-17(12-15)19(27)13-22(30-20)23(28)24-14-18(21-7-5-16(2)29-21)26-10-8-25(3)9-11-26/h4-7,12-13,18H,8-11,14H2,1-3H3,(H,24,28)/t18-/m1/s1. The summed E-state index contributed by atoms with van der Waals surface area (Å²) in [5, 5.41) is 3.41. The Balaban J connectivity index is 1.53. The van der Waals surface area contributed by atoms with Gasteiger partial charge < -0.3 is 19.1 Å². The van der Waals surface area contributed by atoms with Crippen molar-refractivity contribution in [2.75, 3.05) is 39.8 Å². The molecule has 7 nitrogen and oxygen atoms in total. The van der Waals surface area contributed by atoms with Crippen LogP contribution in [0.4, 0.5) is 0 Å². The molecule has 0 unspecified atom stereocenters. The number of fused-ring (bicyclic) bond motifs is 1. The number of rotatable bonds is 5. The molecule has 1 fully saturated rings. The van der Waals surface area contributed by atoms with Gasteiger partial charge in [0.05, 0.1) is 11.4 Å². The third-order valence-electron chi connectivity index (χ3n) is 5.63. The fourth-order valence-electron chi connectivity index (χ4n) is 3.83. The lowest BCUT2D eigenvalue weighted by atomic mass is 10.1. The molecule has 30 heavy (non-hydrogen) atoms. The summed E-state index contributed by atoms with van der Waals surface area (Å²) in [4.78, 5) is 29.8. The van der Waals surface area contributed by atoms with Gasteiger partial charge in [0.2, 0.25) is 0 Å². The van der Waals surface area contributed by atoms with Crippen LogP contribution in [-0.4, -0.2) is 55.5 Å². The second-order valence-corrected chi connectivity index (χ2v) is 7.99. The number of furan rings is 1. The second-order valence-electron chi connectivity index (χ2n) is 7.99. The Morgan fingerprint density at radius 3 is 2.53 bits per heavy atom. The fraction of sp³-hybridized carbons (Fsp3) is 0.391. The third-order valence-corrected chi connectivity index (χ3v) is 5.63. The molecule has 2 aromatic heterocycles. The van der Waals surface area contributed by atoms with E-state index < -0.39 is 5.91 Å². The quantitative estimate of drug-likeness (QED) is 0.698. The lowest BCUT2D eigenvalue weighted by Gasteiger charge is -2.37. The van der Waals surface area contributed by atoms with Crippen molar-refractivity contribution in [3.63, 3.8) is 0 Å². The Labute approximate surface area is 175 Å². The first-order valence-electron chi connectivity index (χ1n) is 10.2. The first-order valence-corrected chi connectivity index (χ1v) is 10.2. The van der Waals surface area contributed by atoms with Crippen molar-refractivity contribution in [2.45, 2.75) is 19.9 Å². The summed E-state index contributed by atoms with van der Waals surface area (Å²) in [6.45, 7) is 7.89. The zero-order chi connectivity index (χ0) is 21.3. The van der Waals surface area contributed by atoms with Crippen molar-refractivity contribution < 1.29 is 13.6 Å². The van der Waals surface area contributed by atoms with E-state index in [0.29, 0.717) is 17.5 Å². The molecule has 3 heterocycles. The molecule has 7 heteroatoms. The zero-order valence-electron chi connectivity index (χ0n) is 17.6. The van der Waals surface area contributed by atoms with Crippen LogP contribution in [0.15, 0.2) is 50.0 Å². The molecular formula is C23H27N3O4. The van der Waals surface area contributed by atoms with Crippen LogP contribution in [0.2, 0.25) is 0 Å². The van der Waals surface area contributed by atoms with E-state index in [9.17, 15) is 9.59 Å². The smallest absolute Gasteiger partial charge is 0.287 e. The maximum absolute atomic E-state index is 12.8. The van der Waals surface area contributed by atoms with Gasteiger partial charge in [0.1, 0.15) is 17.1 Å². The number of aryl methyl sites for hydroxylation is 2. The number of benzene rings is 1. The Morgan fingerprint density at radius 2 is 1.83 bits per heavy atom. The number of hydrogen-bond acceptors (Lipinski definition) is 6. The van der Waals surface area contributed by atoms with Gasteiger partial charge in [0.25, 0.3) is 5.91 Å². The minimum atomic E-state index is -0.406. The average Bonchev–Trinajstić information content (AvgIpc) is 3.15. The van der Waals surface area contributed by atoms with E-state index >= 15 is 0 Å². The van der Waals surface area contributed by atoms with Gasteiger partial charge in [-0.15, -0.1) is 0 Å². The van der Waals surface area contributed by atoms with Crippen LogP contribution in [0.1, 0.15) is 33.7 Å². The largest absolute Gasteiger partial charge is 0.465 e. The summed E-state index contributed by atoms with van der Waals surface area (Å²) in [6, 6.07) is 10.4. The minimum Gasteiger partial charge on any atom is -0.465 e. The molecule has 1 N–H and O–H groups in total. The van der Waals surface area contributed by atoms with E-state index in [1.54, 1.807) is 12.1 Å². The monoisotopic (exact) mass is 409 g/mol. The summed E-state index contributed by atoms with van der Waals surface area (Å²) >= 11 is 0. The number of likely N-dealkylation sites (N-methyl/N-ethyl adjacent to an activating group) is 1. The minimum absolute atomic E-state index is 0.0177. The molecule has 1 aromatic carbocycles. The van der Waals surface area contributed by atoms with E-state index in [-0.39, 0.29) is 17.2 Å². The number of amides is 1. The average molecular weight is 409 g/mol. The molecule has 1 amide bonds. The maximum Gasteiger partial charge on any atom is 0.287 e. The molecule has 4 rings (SSSR count). The van der Waals surface area contributed by atoms with Crippen LogP contribution in [-0.2, 0) is 0 Å². The summed E-state index contributed by atoms with van der Waals surface area (Å²) < 4.78 is 11.6. The van der Waals surface area contributed by atoms with Crippen molar-refractivity contribution in [2.24, 2.45) is 0 Å². The Hall–Kier alpha value is -2.90. The van der Waals surface area contributed by atoms with Crippen LogP contribution in [0.5, 0.6) is 0 Å². The normalized spacial score (nSPS) is 16.6. The molecule has 1 aliphatic heterocycles. The first-order chi connectivity index (χ1) is 14.4. The SMILES string of the molecule is Cc1ccc2oc(C(=O)NC[C@H](c3ccc(C)o3)N3CCN(C)CC3)cc(=O)c2c1. The van der Waals surface area contributed by atoms with Crippen LogP contribution >= 0.6 is 0 Å². The van der Waals surface area contributed by atoms with Crippen LogP contribution in [0.25, 0.3) is 11.0 Å². The number of piperazine rings is 1. The molecule has 1 saturated heterocycles. The highest BCUT2D eigenvalue weighted by Gasteiger charge is 2.27. The maximum atomic E-state index is 12.8. The van der Waals surface area contributed by atoms with Gasteiger partial charge in [0.15, 0.2) is 11.2 Å². The van der Waals surface area contributed by atoms with Gasteiger partial charge in [-0.3, -0.25) is 14.5 Å². The van der Waals surface area contributed by atoms with Gasteiger partial charge >= 0.3 is 0 Å². The second kappa shape index (κ2) is 8.45. The number of nitrogens with one attached hydrogen (secondary N) is 1. The number of carbonyl (C=O) groups is 1. The van der Waals surface area contributed by atoms with Gasteiger partial charge in [0, 0.05) is 38.8 Å². The Bertz CT molecular complexity index is 1110. The summed E-state index contributed by atoms with van der Waals surface area (Å²) in [5.74, 6) is 1.28. The van der Waals surface area contributed by atoms with E-state index in [1.807, 2.05) is 32.0 Å². The molecule has 0 aliphatic carbocycles. The molecular weight excluding hydrogens is 382 g/mol. The number of hydrogen-bond donors (Lipinski definition) is 1. The molecule has 0 bridgehead atoms. The van der Waals surface area contributed by atoms with Crippen molar-refractivity contribution >= 4 is 16.9 Å². The highest BCUT2D eigenvalue weighted by Crippen LogP contribution is 2.24. The van der Waals surface area contributed by atoms with E-state index in [1.165, 1.54) is 6.07 Å². The molecule has 1 aliphatic rings. The van der Waals surface area contributed by atoms with E-state index in [4.69, 9.17) is 8.83 Å². The predicted octanol–water partition coefficient (Wildman–Crippen LogP) is 2.72. The lowest BCUT2D eigenvalue weighted by Crippen LogP contribution is -2.48. The van der Waals surface area contributed by atoms with Gasteiger partial charge in [-0.05, 0) is 45.2 Å². The molecule has 158 valence electrons. The summed E-state index contributed by atoms with van der Waals surface area (Å²) in [7, 11) is 2.11. The third kappa shape index (κ3) is 4.32. The molecule has 3 aromatic rings. The fourth-order valence-corrected chi connectivity index (χ4v) is 3.83. The summed E-state index contributed by atoms with van der Waals surface area (Å²) in [6.07, 6.45) is 0. The van der Waals surface area contributed by atoms with Crippen LogP contribution in [0, 0.1) is 13.8 Å². The molecule has 0 spiro atoms. The van der Waals surface area contributed by atoms with E-state index in [0.717, 1.165) is 43.3 Å². The Morgan fingerprint density at radius 1 is 1.07 bits per heavy atom. The predicted molar refractivity (Wildman–Crippen MR) is 115 cm³/mol. The van der Waals surface area contributed by atoms with Gasteiger partial charge in [-0.2, -0.15) is 0 Å². The van der Waals surface area contributed by atoms with Gasteiger partial charge in [-0.25, -0.2) is 0 Å². The molecule has 0 saturated carbocycles. The van der Waals surface area contributed by atoms with Gasteiger partial charge in [-0.1, -0.05) is 11.6 Å². The number of carbonyl (C=O) groups excluding carboxylic acids is 1. The summed E-state index contributed by atoms with van der Waals surface area (Å²) in [5.41, 5.74) is 1.16. The van der Waals surface area contributed by atoms with E-state index in [2.05, 4.69) is 22.2 Å². The highest BCUT2D eigenvalue weighted by atomic mass is 16.3. The topological polar surface area (TPSA) is 78.9 Å². The van der Waals surface area contributed by atoms with Crippen LogP contribution < -0.4 is 10.7 Å².